The normalized spacial score (nSPS) is 10.7. The lowest BCUT2D eigenvalue weighted by Crippen LogP contribution is -2.02. The van der Waals surface area contributed by atoms with Gasteiger partial charge in [-0.3, -0.25) is 0 Å². The molecule has 0 unspecified atom stereocenters. The van der Waals surface area contributed by atoms with Gasteiger partial charge in [-0.25, -0.2) is 4.39 Å². The van der Waals surface area contributed by atoms with Crippen LogP contribution in [0.3, 0.4) is 0 Å². The van der Waals surface area contributed by atoms with Crippen LogP contribution in [-0.2, 0) is 0 Å². The molecule has 0 saturated carbocycles. The van der Waals surface area contributed by atoms with Crippen LogP contribution >= 0.6 is 0 Å². The van der Waals surface area contributed by atoms with E-state index in [0.29, 0.717) is 17.3 Å². The van der Waals surface area contributed by atoms with Crippen molar-refractivity contribution in [3.05, 3.63) is 47.8 Å². The molecule has 106 valence electrons. The molecule has 0 aliphatic heterocycles. The summed E-state index contributed by atoms with van der Waals surface area (Å²) in [6.45, 7) is 4.24. The Labute approximate surface area is 118 Å². The maximum atomic E-state index is 13.5. The second-order valence-electron chi connectivity index (χ2n) is 4.94. The van der Waals surface area contributed by atoms with Gasteiger partial charge < -0.3 is 15.8 Å². The van der Waals surface area contributed by atoms with Crippen molar-refractivity contribution >= 4 is 17.1 Å². The third-order valence-electron chi connectivity index (χ3n) is 3.18. The standard InChI is InChI=1S/C16H19FN2O/c1-10(2)11-6-4-5-7-14(11)19-15-9-16(20-3)12(17)8-13(15)18/h4-10,19H,18H2,1-3H3. The van der Waals surface area contributed by atoms with E-state index in [0.717, 1.165) is 5.69 Å². The van der Waals surface area contributed by atoms with Crippen LogP contribution in [0.2, 0.25) is 0 Å². The second-order valence-corrected chi connectivity index (χ2v) is 4.94. The van der Waals surface area contributed by atoms with Gasteiger partial charge in [0.1, 0.15) is 0 Å². The molecule has 4 heteroatoms. The number of rotatable bonds is 4. The first kappa shape index (κ1) is 14.2. The number of hydrogen-bond donors (Lipinski definition) is 2. The third-order valence-corrected chi connectivity index (χ3v) is 3.18. The lowest BCUT2D eigenvalue weighted by Gasteiger charge is -2.16. The van der Waals surface area contributed by atoms with Gasteiger partial charge >= 0.3 is 0 Å². The Balaban J connectivity index is 2.40. The number of nitrogens with two attached hydrogens (primary N) is 1. The zero-order valence-corrected chi connectivity index (χ0v) is 11.9. The molecule has 0 aliphatic carbocycles. The van der Waals surface area contributed by atoms with Crippen molar-refractivity contribution in [2.45, 2.75) is 19.8 Å². The molecule has 0 aliphatic rings. The van der Waals surface area contributed by atoms with Crippen LogP contribution in [0.1, 0.15) is 25.3 Å². The highest BCUT2D eigenvalue weighted by Gasteiger charge is 2.11. The van der Waals surface area contributed by atoms with Crippen molar-refractivity contribution in [2.24, 2.45) is 0 Å². The number of nitrogens with one attached hydrogen (secondary N) is 1. The highest BCUT2D eigenvalue weighted by Crippen LogP contribution is 2.33. The number of halogens is 1. The van der Waals surface area contributed by atoms with Gasteiger partial charge in [-0.2, -0.15) is 0 Å². The predicted octanol–water partition coefficient (Wildman–Crippen LogP) is 4.28. The SMILES string of the molecule is COc1cc(Nc2ccccc2C(C)C)c(N)cc1F. The second kappa shape index (κ2) is 5.82. The number of hydrogen-bond acceptors (Lipinski definition) is 3. The lowest BCUT2D eigenvalue weighted by atomic mass is 10.0. The number of nitrogen functional groups attached to an aromatic ring is 1. The van der Waals surface area contributed by atoms with Crippen LogP contribution < -0.4 is 15.8 Å². The summed E-state index contributed by atoms with van der Waals surface area (Å²) in [5.41, 5.74) is 8.98. The molecule has 0 radical (unpaired) electrons. The van der Waals surface area contributed by atoms with Gasteiger partial charge in [0.15, 0.2) is 11.6 Å². The zero-order valence-electron chi connectivity index (χ0n) is 11.9. The van der Waals surface area contributed by atoms with E-state index in [1.165, 1.54) is 18.7 Å². The quantitative estimate of drug-likeness (QED) is 0.818. The number of anilines is 3. The summed E-state index contributed by atoms with van der Waals surface area (Å²) < 4.78 is 18.5. The van der Waals surface area contributed by atoms with Crippen molar-refractivity contribution < 1.29 is 9.13 Å². The van der Waals surface area contributed by atoms with Crippen molar-refractivity contribution in [1.29, 1.82) is 0 Å². The molecule has 2 rings (SSSR count). The van der Waals surface area contributed by atoms with E-state index in [9.17, 15) is 4.39 Å². The Bertz CT molecular complexity index is 611. The molecular formula is C16H19FN2O. The van der Waals surface area contributed by atoms with Crippen molar-refractivity contribution in [2.75, 3.05) is 18.2 Å². The molecule has 3 N–H and O–H groups in total. The van der Waals surface area contributed by atoms with Crippen LogP contribution in [0, 0.1) is 5.82 Å². The average molecular weight is 274 g/mol. The topological polar surface area (TPSA) is 47.3 Å². The van der Waals surface area contributed by atoms with Crippen LogP contribution in [0.4, 0.5) is 21.5 Å². The van der Waals surface area contributed by atoms with E-state index in [1.54, 1.807) is 6.07 Å². The summed E-state index contributed by atoms with van der Waals surface area (Å²) in [5, 5.41) is 3.25. The number of benzene rings is 2. The molecule has 2 aromatic carbocycles. The summed E-state index contributed by atoms with van der Waals surface area (Å²) in [6, 6.07) is 10.8. The van der Waals surface area contributed by atoms with Crippen LogP contribution in [0.25, 0.3) is 0 Å². The molecule has 2 aromatic rings. The Hall–Kier alpha value is -2.23. The lowest BCUT2D eigenvalue weighted by molar-refractivity contribution is 0.387. The average Bonchev–Trinajstić information content (AvgIpc) is 2.42. The van der Waals surface area contributed by atoms with E-state index in [1.807, 2.05) is 18.2 Å². The van der Waals surface area contributed by atoms with Crippen LogP contribution in [0.5, 0.6) is 5.75 Å². The molecule has 0 bridgehead atoms. The van der Waals surface area contributed by atoms with Crippen molar-refractivity contribution in [3.63, 3.8) is 0 Å². The molecule has 0 saturated heterocycles. The van der Waals surface area contributed by atoms with Gasteiger partial charge in [0, 0.05) is 17.8 Å². The predicted molar refractivity (Wildman–Crippen MR) is 81.2 cm³/mol. The molecule has 0 spiro atoms. The summed E-state index contributed by atoms with van der Waals surface area (Å²) in [7, 11) is 1.43. The fourth-order valence-corrected chi connectivity index (χ4v) is 2.09. The Kier molecular flexibility index (Phi) is 4.13. The fraction of sp³-hybridized carbons (Fsp3) is 0.250. The Morgan fingerprint density at radius 3 is 2.50 bits per heavy atom. The first-order valence-corrected chi connectivity index (χ1v) is 6.52. The van der Waals surface area contributed by atoms with E-state index in [2.05, 4.69) is 25.2 Å². The minimum absolute atomic E-state index is 0.170. The van der Waals surface area contributed by atoms with Gasteiger partial charge in [0.25, 0.3) is 0 Å². The summed E-state index contributed by atoms with van der Waals surface area (Å²) in [6.07, 6.45) is 0. The third kappa shape index (κ3) is 2.85. The molecule has 0 aromatic heterocycles. The Morgan fingerprint density at radius 2 is 1.85 bits per heavy atom. The highest BCUT2D eigenvalue weighted by molar-refractivity contribution is 5.75. The van der Waals surface area contributed by atoms with Gasteiger partial charge in [-0.1, -0.05) is 32.0 Å². The Morgan fingerprint density at radius 1 is 1.15 bits per heavy atom. The fourth-order valence-electron chi connectivity index (χ4n) is 2.09. The maximum absolute atomic E-state index is 13.5. The molecule has 20 heavy (non-hydrogen) atoms. The van der Waals surface area contributed by atoms with Gasteiger partial charge in [0.2, 0.25) is 0 Å². The molecule has 0 fully saturated rings. The molecular weight excluding hydrogens is 255 g/mol. The largest absolute Gasteiger partial charge is 0.494 e. The molecule has 0 atom stereocenters. The first-order valence-electron chi connectivity index (χ1n) is 6.52. The van der Waals surface area contributed by atoms with E-state index >= 15 is 0 Å². The van der Waals surface area contributed by atoms with Crippen molar-refractivity contribution in [3.8, 4) is 5.75 Å². The highest BCUT2D eigenvalue weighted by atomic mass is 19.1. The monoisotopic (exact) mass is 274 g/mol. The van der Waals surface area contributed by atoms with Crippen LogP contribution in [-0.4, -0.2) is 7.11 Å². The maximum Gasteiger partial charge on any atom is 0.167 e. The zero-order chi connectivity index (χ0) is 14.7. The smallest absolute Gasteiger partial charge is 0.167 e. The van der Waals surface area contributed by atoms with Crippen LogP contribution in [0.15, 0.2) is 36.4 Å². The summed E-state index contributed by atoms with van der Waals surface area (Å²) in [4.78, 5) is 0. The summed E-state index contributed by atoms with van der Waals surface area (Å²) >= 11 is 0. The van der Waals surface area contributed by atoms with E-state index in [-0.39, 0.29) is 5.75 Å². The first-order chi connectivity index (χ1) is 9.52. The van der Waals surface area contributed by atoms with Gasteiger partial charge in [-0.05, 0) is 17.5 Å². The number of methoxy groups -OCH3 is 1. The number of para-hydroxylation sites is 1. The molecule has 0 amide bonds. The van der Waals surface area contributed by atoms with Gasteiger partial charge in [0.05, 0.1) is 18.5 Å². The summed E-state index contributed by atoms with van der Waals surface area (Å²) in [5.74, 6) is 0.0821. The van der Waals surface area contributed by atoms with E-state index < -0.39 is 5.82 Å². The number of ether oxygens (including phenoxy) is 1. The van der Waals surface area contributed by atoms with Crippen molar-refractivity contribution in [1.82, 2.24) is 0 Å². The molecule has 3 nitrogen and oxygen atoms in total. The minimum Gasteiger partial charge on any atom is -0.494 e. The molecule has 0 heterocycles. The van der Waals surface area contributed by atoms with E-state index in [4.69, 9.17) is 10.5 Å². The minimum atomic E-state index is -0.465. The van der Waals surface area contributed by atoms with Gasteiger partial charge in [-0.15, -0.1) is 0 Å².